The average molecular weight is 404 g/mol. The number of hydrogen-bond acceptors (Lipinski definition) is 7. The monoisotopic (exact) mass is 404 g/mol. The number of anilines is 1. The Hall–Kier alpha value is -3.36. The van der Waals surface area contributed by atoms with Gasteiger partial charge in [0, 0.05) is 55.1 Å². The lowest BCUT2D eigenvalue weighted by molar-refractivity contribution is 0.0776. The van der Waals surface area contributed by atoms with E-state index in [9.17, 15) is 4.79 Å². The zero-order chi connectivity index (χ0) is 20.8. The molecule has 2 aliphatic rings. The number of rotatable bonds is 3. The summed E-state index contributed by atoms with van der Waals surface area (Å²) < 4.78 is 1.59. The summed E-state index contributed by atoms with van der Waals surface area (Å²) in [6.45, 7) is 9.06. The standard InChI is InChI=1S/C21H24N8O/c1-13-4-5-18(29-7-6-22-26-29)19(23-13)20(30)27-9-16-11-28(12-17(16)10-27)21-24-14(2)8-15(3)25-21/h4-8,16-17H,9-12H2,1-3H3. The molecule has 9 nitrogen and oxygen atoms in total. The van der Waals surface area contributed by atoms with Crippen LogP contribution in [0.25, 0.3) is 5.69 Å². The third kappa shape index (κ3) is 3.30. The first-order chi connectivity index (χ1) is 14.5. The van der Waals surface area contributed by atoms with Gasteiger partial charge in [-0.3, -0.25) is 4.79 Å². The number of aromatic nitrogens is 6. The number of amides is 1. The summed E-state index contributed by atoms with van der Waals surface area (Å²) in [5, 5.41) is 7.89. The normalized spacial score (nSPS) is 20.6. The second kappa shape index (κ2) is 7.16. The van der Waals surface area contributed by atoms with E-state index in [4.69, 9.17) is 0 Å². The Morgan fingerprint density at radius 1 is 0.933 bits per heavy atom. The maximum atomic E-state index is 13.4. The molecule has 3 aromatic heterocycles. The summed E-state index contributed by atoms with van der Waals surface area (Å²) in [4.78, 5) is 31.3. The van der Waals surface area contributed by atoms with Crippen LogP contribution < -0.4 is 4.90 Å². The molecule has 0 aliphatic carbocycles. The maximum Gasteiger partial charge on any atom is 0.274 e. The van der Waals surface area contributed by atoms with Crippen LogP contribution in [0.2, 0.25) is 0 Å². The van der Waals surface area contributed by atoms with Crippen LogP contribution in [0, 0.1) is 32.6 Å². The van der Waals surface area contributed by atoms with E-state index in [-0.39, 0.29) is 5.91 Å². The number of carbonyl (C=O) groups is 1. The fourth-order valence-electron chi connectivity index (χ4n) is 4.55. The SMILES string of the molecule is Cc1cc(C)nc(N2CC3CN(C(=O)c4nc(C)ccc4-n4ccnn4)CC3C2)n1. The van der Waals surface area contributed by atoms with Gasteiger partial charge in [-0.2, -0.15) is 0 Å². The third-order valence-electron chi connectivity index (χ3n) is 5.91. The van der Waals surface area contributed by atoms with Gasteiger partial charge >= 0.3 is 0 Å². The van der Waals surface area contributed by atoms with Crippen molar-refractivity contribution in [2.24, 2.45) is 11.8 Å². The molecule has 0 spiro atoms. The van der Waals surface area contributed by atoms with Crippen LogP contribution in [0.4, 0.5) is 5.95 Å². The molecular weight excluding hydrogens is 380 g/mol. The highest BCUT2D eigenvalue weighted by Gasteiger charge is 2.43. The fourth-order valence-corrected chi connectivity index (χ4v) is 4.55. The Morgan fingerprint density at radius 2 is 1.63 bits per heavy atom. The summed E-state index contributed by atoms with van der Waals surface area (Å²) in [5.74, 6) is 1.58. The predicted molar refractivity (Wildman–Crippen MR) is 110 cm³/mol. The van der Waals surface area contributed by atoms with Gasteiger partial charge in [0.25, 0.3) is 5.91 Å². The van der Waals surface area contributed by atoms with Crippen molar-refractivity contribution in [2.45, 2.75) is 20.8 Å². The molecule has 30 heavy (non-hydrogen) atoms. The first-order valence-corrected chi connectivity index (χ1v) is 10.2. The molecule has 2 atom stereocenters. The van der Waals surface area contributed by atoms with E-state index >= 15 is 0 Å². The zero-order valence-corrected chi connectivity index (χ0v) is 17.4. The van der Waals surface area contributed by atoms with E-state index < -0.39 is 0 Å². The summed E-state index contributed by atoms with van der Waals surface area (Å²) in [6.07, 6.45) is 3.32. The Kier molecular flexibility index (Phi) is 4.45. The van der Waals surface area contributed by atoms with E-state index in [1.807, 2.05) is 43.9 Å². The number of fused-ring (bicyclic) bond motifs is 1. The van der Waals surface area contributed by atoms with Crippen LogP contribution in [0.1, 0.15) is 27.6 Å². The number of nitrogens with zero attached hydrogens (tertiary/aromatic N) is 8. The van der Waals surface area contributed by atoms with Crippen LogP contribution in [-0.2, 0) is 0 Å². The minimum atomic E-state index is -0.0483. The number of carbonyl (C=O) groups excluding carboxylic acids is 1. The van der Waals surface area contributed by atoms with Crippen molar-refractivity contribution >= 4 is 11.9 Å². The first-order valence-electron chi connectivity index (χ1n) is 10.2. The van der Waals surface area contributed by atoms with E-state index in [1.54, 1.807) is 17.1 Å². The first kappa shape index (κ1) is 18.7. The largest absolute Gasteiger partial charge is 0.340 e. The lowest BCUT2D eigenvalue weighted by Gasteiger charge is -2.22. The molecule has 5 rings (SSSR count). The van der Waals surface area contributed by atoms with Crippen LogP contribution in [0.15, 0.2) is 30.6 Å². The molecule has 0 aromatic carbocycles. The van der Waals surface area contributed by atoms with Gasteiger partial charge in [0.05, 0.1) is 18.1 Å². The van der Waals surface area contributed by atoms with Crippen LogP contribution in [0.5, 0.6) is 0 Å². The van der Waals surface area contributed by atoms with Crippen molar-refractivity contribution in [2.75, 3.05) is 31.1 Å². The Labute approximate surface area is 174 Å². The highest BCUT2D eigenvalue weighted by molar-refractivity contribution is 5.96. The van der Waals surface area contributed by atoms with Gasteiger partial charge in [0.15, 0.2) is 5.69 Å². The molecule has 0 radical (unpaired) electrons. The number of likely N-dealkylation sites (tertiary alicyclic amines) is 1. The molecule has 2 saturated heterocycles. The Balaban J connectivity index is 1.34. The molecule has 1 amide bonds. The van der Waals surface area contributed by atoms with Crippen LogP contribution in [-0.4, -0.2) is 66.9 Å². The van der Waals surface area contributed by atoms with Crippen molar-refractivity contribution in [1.29, 1.82) is 0 Å². The smallest absolute Gasteiger partial charge is 0.274 e. The summed E-state index contributed by atoms with van der Waals surface area (Å²) in [6, 6.07) is 5.75. The van der Waals surface area contributed by atoms with Gasteiger partial charge in [0.1, 0.15) is 0 Å². The lowest BCUT2D eigenvalue weighted by Crippen LogP contribution is -2.35. The molecule has 2 unspecified atom stereocenters. The minimum Gasteiger partial charge on any atom is -0.340 e. The predicted octanol–water partition coefficient (Wildman–Crippen LogP) is 1.59. The Morgan fingerprint density at radius 3 is 2.27 bits per heavy atom. The van der Waals surface area contributed by atoms with Gasteiger partial charge in [0.2, 0.25) is 5.95 Å². The van der Waals surface area contributed by atoms with Gasteiger partial charge in [-0.05, 0) is 39.0 Å². The molecule has 9 heteroatoms. The summed E-state index contributed by atoms with van der Waals surface area (Å²) >= 11 is 0. The van der Waals surface area contributed by atoms with Crippen molar-refractivity contribution < 1.29 is 4.79 Å². The van der Waals surface area contributed by atoms with Crippen molar-refractivity contribution in [3.63, 3.8) is 0 Å². The zero-order valence-electron chi connectivity index (χ0n) is 17.4. The molecule has 154 valence electrons. The second-order valence-electron chi connectivity index (χ2n) is 8.25. The number of aryl methyl sites for hydroxylation is 3. The van der Waals surface area contributed by atoms with Crippen molar-refractivity contribution in [1.82, 2.24) is 34.8 Å². The molecule has 0 saturated carbocycles. The maximum absolute atomic E-state index is 13.4. The van der Waals surface area contributed by atoms with Crippen molar-refractivity contribution in [3.05, 3.63) is 53.4 Å². The van der Waals surface area contributed by atoms with Gasteiger partial charge in [-0.15, -0.1) is 5.10 Å². The van der Waals surface area contributed by atoms with Crippen LogP contribution >= 0.6 is 0 Å². The third-order valence-corrected chi connectivity index (χ3v) is 5.91. The quantitative estimate of drug-likeness (QED) is 0.654. The second-order valence-corrected chi connectivity index (χ2v) is 8.25. The molecule has 3 aromatic rings. The van der Waals surface area contributed by atoms with E-state index in [2.05, 4.69) is 30.2 Å². The van der Waals surface area contributed by atoms with Gasteiger partial charge < -0.3 is 9.80 Å². The van der Waals surface area contributed by atoms with E-state index in [0.717, 1.165) is 49.2 Å². The van der Waals surface area contributed by atoms with Crippen molar-refractivity contribution in [3.8, 4) is 5.69 Å². The number of pyridine rings is 1. The fraction of sp³-hybridized carbons (Fsp3) is 0.429. The highest BCUT2D eigenvalue weighted by atomic mass is 16.2. The van der Waals surface area contributed by atoms with Gasteiger partial charge in [-0.1, -0.05) is 5.21 Å². The van der Waals surface area contributed by atoms with E-state index in [1.165, 1.54) is 0 Å². The average Bonchev–Trinajstić information content (AvgIpc) is 3.43. The molecule has 0 N–H and O–H groups in total. The molecule has 2 aliphatic heterocycles. The van der Waals surface area contributed by atoms with E-state index in [0.29, 0.717) is 23.2 Å². The molecule has 2 fully saturated rings. The lowest BCUT2D eigenvalue weighted by atomic mass is 10.0. The summed E-state index contributed by atoms with van der Waals surface area (Å²) in [7, 11) is 0. The molecular formula is C21H24N8O. The number of hydrogen-bond donors (Lipinski definition) is 0. The highest BCUT2D eigenvalue weighted by Crippen LogP contribution is 2.34. The van der Waals surface area contributed by atoms with Crippen LogP contribution in [0.3, 0.4) is 0 Å². The Bertz CT molecular complexity index is 1060. The molecule has 5 heterocycles. The minimum absolute atomic E-state index is 0.0483. The van der Waals surface area contributed by atoms with Gasteiger partial charge in [-0.25, -0.2) is 19.6 Å². The summed E-state index contributed by atoms with van der Waals surface area (Å²) in [5.41, 5.74) is 3.86. The topological polar surface area (TPSA) is 92.9 Å². The molecule has 0 bridgehead atoms.